The van der Waals surface area contributed by atoms with Gasteiger partial charge in [0.15, 0.2) is 0 Å². The van der Waals surface area contributed by atoms with Crippen molar-refractivity contribution in [2.24, 2.45) is 5.92 Å². The Bertz CT molecular complexity index is 2370. The zero-order chi connectivity index (χ0) is 29.2. The highest BCUT2D eigenvalue weighted by Crippen LogP contribution is 2.43. The van der Waals surface area contributed by atoms with Gasteiger partial charge in [-0.05, 0) is 104 Å². The number of benzene rings is 7. The summed E-state index contributed by atoms with van der Waals surface area (Å²) in [7, 11) is 0. The van der Waals surface area contributed by atoms with Gasteiger partial charge in [-0.3, -0.25) is 0 Å². The molecule has 1 unspecified atom stereocenters. The number of aromatic nitrogens is 1. The van der Waals surface area contributed by atoms with Crippen LogP contribution in [0.5, 0.6) is 0 Å². The minimum absolute atomic E-state index is 0.431. The molecule has 1 atom stereocenters. The SMILES string of the molecule is CC1Cc2c(c3ccccc3c3ccccc23)C=C1c1cccc(-c2ccc(-n3c4ccccc4c4ccccc43)cc2)c1. The molecule has 0 spiro atoms. The average Bonchev–Trinajstić information content (AvgIpc) is 3.43. The summed E-state index contributed by atoms with van der Waals surface area (Å²) in [6.45, 7) is 2.38. The maximum Gasteiger partial charge on any atom is 0.0541 e. The van der Waals surface area contributed by atoms with Crippen molar-refractivity contribution in [3.63, 3.8) is 0 Å². The lowest BCUT2D eigenvalue weighted by molar-refractivity contribution is 0.743. The van der Waals surface area contributed by atoms with E-state index in [9.17, 15) is 0 Å². The van der Waals surface area contributed by atoms with Crippen LogP contribution in [0.25, 0.3) is 71.8 Å². The van der Waals surface area contributed by atoms with Crippen LogP contribution >= 0.6 is 0 Å². The van der Waals surface area contributed by atoms with Crippen LogP contribution in [0.3, 0.4) is 0 Å². The summed E-state index contributed by atoms with van der Waals surface area (Å²) >= 11 is 0. The van der Waals surface area contributed by atoms with Crippen LogP contribution in [-0.2, 0) is 6.42 Å². The molecule has 7 aromatic carbocycles. The Kier molecular flexibility index (Phi) is 5.61. The van der Waals surface area contributed by atoms with Gasteiger partial charge < -0.3 is 4.57 Å². The normalized spacial score (nSPS) is 14.8. The Labute approximate surface area is 257 Å². The van der Waals surface area contributed by atoms with Gasteiger partial charge in [0, 0.05) is 16.5 Å². The number of hydrogen-bond donors (Lipinski definition) is 0. The first-order valence-electron chi connectivity index (χ1n) is 15.6. The van der Waals surface area contributed by atoms with Gasteiger partial charge in [0.1, 0.15) is 0 Å². The Balaban J connectivity index is 1.13. The predicted molar refractivity (Wildman–Crippen MR) is 188 cm³/mol. The van der Waals surface area contributed by atoms with Crippen molar-refractivity contribution >= 4 is 55.0 Å². The van der Waals surface area contributed by atoms with Gasteiger partial charge in [-0.2, -0.15) is 0 Å². The van der Waals surface area contributed by atoms with E-state index < -0.39 is 0 Å². The molecular formula is C43H31N. The molecule has 1 heteroatoms. The molecule has 8 aromatic rings. The lowest BCUT2D eigenvalue weighted by atomic mass is 9.77. The standard InChI is InChI=1S/C43H31N/c1-28-25-40-35-15-4-2-13-33(35)34-14-3-5-16-36(34)41(40)27-39(28)31-12-10-11-30(26-31)29-21-23-32(24-22-29)44-42-19-8-6-17-37(42)38-18-7-9-20-43(38)44/h2-24,26-28H,25H2,1H3. The molecule has 0 fully saturated rings. The summed E-state index contributed by atoms with van der Waals surface area (Å²) in [5.74, 6) is 0.431. The van der Waals surface area contributed by atoms with Crippen LogP contribution in [0.1, 0.15) is 23.6 Å². The van der Waals surface area contributed by atoms with Crippen molar-refractivity contribution in [1.29, 1.82) is 0 Å². The predicted octanol–water partition coefficient (Wildman–Crippen LogP) is 11.5. The van der Waals surface area contributed by atoms with Gasteiger partial charge in [-0.15, -0.1) is 0 Å². The topological polar surface area (TPSA) is 4.93 Å². The minimum atomic E-state index is 0.431. The molecule has 0 amide bonds. The molecule has 44 heavy (non-hydrogen) atoms. The van der Waals surface area contributed by atoms with Crippen LogP contribution in [0.4, 0.5) is 0 Å². The molecule has 1 aromatic heterocycles. The second-order valence-electron chi connectivity index (χ2n) is 12.2. The molecule has 0 saturated heterocycles. The highest BCUT2D eigenvalue weighted by molar-refractivity contribution is 6.14. The fourth-order valence-corrected chi connectivity index (χ4v) is 7.59. The Hall–Kier alpha value is -5.40. The summed E-state index contributed by atoms with van der Waals surface area (Å²) < 4.78 is 2.38. The van der Waals surface area contributed by atoms with E-state index in [1.165, 1.54) is 82.4 Å². The molecule has 0 saturated carbocycles. The molecule has 0 N–H and O–H groups in total. The maximum absolute atomic E-state index is 2.47. The van der Waals surface area contributed by atoms with E-state index >= 15 is 0 Å². The first kappa shape index (κ1) is 25.1. The van der Waals surface area contributed by atoms with Gasteiger partial charge in [0.25, 0.3) is 0 Å². The summed E-state index contributed by atoms with van der Waals surface area (Å²) in [5, 5.41) is 8.01. The largest absolute Gasteiger partial charge is 0.309 e. The van der Waals surface area contributed by atoms with E-state index in [1.807, 2.05) is 0 Å². The van der Waals surface area contributed by atoms with Crippen molar-refractivity contribution in [2.45, 2.75) is 13.3 Å². The molecule has 1 nitrogen and oxygen atoms in total. The highest BCUT2D eigenvalue weighted by Gasteiger charge is 2.23. The summed E-state index contributed by atoms with van der Waals surface area (Å²) in [4.78, 5) is 0. The first-order valence-corrected chi connectivity index (χ1v) is 15.6. The van der Waals surface area contributed by atoms with Crippen molar-refractivity contribution < 1.29 is 0 Å². The number of nitrogens with zero attached hydrogens (tertiary/aromatic N) is 1. The molecule has 1 heterocycles. The molecule has 208 valence electrons. The smallest absolute Gasteiger partial charge is 0.0541 e. The third-order valence-electron chi connectivity index (χ3n) is 9.66. The van der Waals surface area contributed by atoms with Crippen LogP contribution in [-0.4, -0.2) is 4.57 Å². The monoisotopic (exact) mass is 561 g/mol. The van der Waals surface area contributed by atoms with Gasteiger partial charge in [-0.1, -0.05) is 122 Å². The number of para-hydroxylation sites is 2. The van der Waals surface area contributed by atoms with Crippen molar-refractivity contribution in [3.8, 4) is 16.8 Å². The van der Waals surface area contributed by atoms with E-state index in [4.69, 9.17) is 0 Å². The van der Waals surface area contributed by atoms with Gasteiger partial charge in [0.05, 0.1) is 11.0 Å². The van der Waals surface area contributed by atoms with Crippen molar-refractivity contribution in [3.05, 3.63) is 162 Å². The van der Waals surface area contributed by atoms with Crippen molar-refractivity contribution in [2.75, 3.05) is 0 Å². The summed E-state index contributed by atoms with van der Waals surface area (Å²) in [6, 6.07) is 53.4. The fourth-order valence-electron chi connectivity index (χ4n) is 7.59. The zero-order valence-electron chi connectivity index (χ0n) is 24.7. The fraction of sp³-hybridized carbons (Fsp3) is 0.0698. The van der Waals surface area contributed by atoms with Gasteiger partial charge in [0.2, 0.25) is 0 Å². The summed E-state index contributed by atoms with van der Waals surface area (Å²) in [5.41, 5.74) is 11.7. The summed E-state index contributed by atoms with van der Waals surface area (Å²) in [6.07, 6.45) is 3.52. The minimum Gasteiger partial charge on any atom is -0.309 e. The third-order valence-corrected chi connectivity index (χ3v) is 9.66. The van der Waals surface area contributed by atoms with Gasteiger partial charge in [-0.25, -0.2) is 0 Å². The number of fused-ring (bicyclic) bond motifs is 9. The second kappa shape index (κ2) is 9.82. The quantitative estimate of drug-likeness (QED) is 0.189. The molecule has 0 bridgehead atoms. The second-order valence-corrected chi connectivity index (χ2v) is 12.2. The molecule has 1 aliphatic carbocycles. The zero-order valence-corrected chi connectivity index (χ0v) is 24.7. The van der Waals surface area contributed by atoms with Gasteiger partial charge >= 0.3 is 0 Å². The number of hydrogen-bond acceptors (Lipinski definition) is 0. The Morgan fingerprint density at radius 1 is 0.477 bits per heavy atom. The molecule has 0 radical (unpaired) electrons. The lowest BCUT2D eigenvalue weighted by Crippen LogP contribution is -2.10. The molecule has 0 aliphatic heterocycles. The lowest BCUT2D eigenvalue weighted by Gasteiger charge is -2.27. The molecular weight excluding hydrogens is 530 g/mol. The van der Waals surface area contributed by atoms with Crippen LogP contribution in [0.15, 0.2) is 146 Å². The van der Waals surface area contributed by atoms with E-state index in [1.54, 1.807) is 0 Å². The molecule has 9 rings (SSSR count). The highest BCUT2D eigenvalue weighted by atomic mass is 15.0. The number of allylic oxidation sites excluding steroid dienone is 1. The first-order chi connectivity index (χ1) is 21.7. The van der Waals surface area contributed by atoms with E-state index in [2.05, 4.69) is 163 Å². The maximum atomic E-state index is 2.47. The average molecular weight is 562 g/mol. The third kappa shape index (κ3) is 3.79. The Morgan fingerprint density at radius 3 is 1.70 bits per heavy atom. The van der Waals surface area contributed by atoms with E-state index in [0.717, 1.165) is 6.42 Å². The number of rotatable bonds is 3. The Morgan fingerprint density at radius 2 is 1.02 bits per heavy atom. The van der Waals surface area contributed by atoms with Crippen molar-refractivity contribution in [1.82, 2.24) is 4.57 Å². The van der Waals surface area contributed by atoms with E-state index in [-0.39, 0.29) is 0 Å². The van der Waals surface area contributed by atoms with E-state index in [0.29, 0.717) is 5.92 Å². The van der Waals surface area contributed by atoms with Crippen LogP contribution < -0.4 is 0 Å². The van der Waals surface area contributed by atoms with Crippen LogP contribution in [0, 0.1) is 5.92 Å². The van der Waals surface area contributed by atoms with Crippen LogP contribution in [0.2, 0.25) is 0 Å². The molecule has 1 aliphatic rings.